The monoisotopic (exact) mass is 258 g/mol. The van der Waals surface area contributed by atoms with Gasteiger partial charge in [0.2, 0.25) is 5.91 Å². The maximum atomic E-state index is 13.4. The number of carbonyl (C=O) groups is 2. The number of hydrogen-bond donors (Lipinski definition) is 2. The molecule has 0 aromatic heterocycles. The van der Waals surface area contributed by atoms with E-state index in [1.165, 1.54) is 12.1 Å². The number of amides is 1. The topological polar surface area (TPSA) is 83.6 Å². The summed E-state index contributed by atoms with van der Waals surface area (Å²) in [7, 11) is 0. The van der Waals surface area contributed by atoms with Gasteiger partial charge in [-0.05, 0) is 6.07 Å². The summed E-state index contributed by atoms with van der Waals surface area (Å²) in [5.41, 5.74) is 4.92. The molecule has 18 heavy (non-hydrogen) atoms. The van der Waals surface area contributed by atoms with E-state index in [1.54, 1.807) is 0 Å². The zero-order valence-electron chi connectivity index (χ0n) is 9.40. The first-order valence-electron chi connectivity index (χ1n) is 5.05. The van der Waals surface area contributed by atoms with Gasteiger partial charge in [0.15, 0.2) is 11.6 Å². The normalized spacial score (nSPS) is 10.6. The first-order valence-corrected chi connectivity index (χ1v) is 5.05. The number of hydrogen-bond acceptors (Lipinski definition) is 3. The lowest BCUT2D eigenvalue weighted by Crippen LogP contribution is -2.37. The predicted molar refractivity (Wildman–Crippen MR) is 58.5 cm³/mol. The number of primary amides is 1. The summed E-state index contributed by atoms with van der Waals surface area (Å²) in [6.07, 6.45) is 0. The van der Waals surface area contributed by atoms with Crippen LogP contribution in [0.3, 0.4) is 0 Å². The van der Waals surface area contributed by atoms with Crippen molar-refractivity contribution in [3.8, 4) is 0 Å². The second kappa shape index (κ2) is 6.06. The van der Waals surface area contributed by atoms with Gasteiger partial charge in [0.1, 0.15) is 0 Å². The van der Waals surface area contributed by atoms with Crippen LogP contribution in [0.2, 0.25) is 0 Å². The molecule has 0 unspecified atom stereocenters. The van der Waals surface area contributed by atoms with E-state index in [-0.39, 0.29) is 18.7 Å². The van der Waals surface area contributed by atoms with E-state index in [4.69, 9.17) is 10.8 Å². The highest BCUT2D eigenvalue weighted by Gasteiger charge is 2.16. The van der Waals surface area contributed by atoms with Crippen molar-refractivity contribution in [2.24, 2.45) is 5.73 Å². The highest BCUT2D eigenvalue weighted by atomic mass is 19.2. The summed E-state index contributed by atoms with van der Waals surface area (Å²) in [5.74, 6) is -4.01. The summed E-state index contributed by atoms with van der Waals surface area (Å²) < 4.78 is 26.3. The molecule has 1 aromatic rings. The number of nitrogens with two attached hydrogens (primary N) is 1. The highest BCUT2D eigenvalue weighted by Crippen LogP contribution is 2.13. The maximum Gasteiger partial charge on any atom is 0.317 e. The lowest BCUT2D eigenvalue weighted by Gasteiger charge is -2.18. The van der Waals surface area contributed by atoms with Crippen LogP contribution in [0.5, 0.6) is 0 Å². The van der Waals surface area contributed by atoms with Gasteiger partial charge in [0.25, 0.3) is 0 Å². The van der Waals surface area contributed by atoms with E-state index in [2.05, 4.69) is 0 Å². The van der Waals surface area contributed by atoms with E-state index < -0.39 is 30.1 Å². The van der Waals surface area contributed by atoms with Crippen molar-refractivity contribution >= 4 is 11.9 Å². The van der Waals surface area contributed by atoms with Gasteiger partial charge in [0.05, 0.1) is 13.1 Å². The number of rotatable bonds is 6. The number of carboxylic acids is 1. The Balaban J connectivity index is 2.84. The molecule has 3 N–H and O–H groups in total. The van der Waals surface area contributed by atoms with Gasteiger partial charge in [-0.2, -0.15) is 0 Å². The van der Waals surface area contributed by atoms with Crippen LogP contribution < -0.4 is 5.73 Å². The van der Waals surface area contributed by atoms with Crippen LogP contribution in [-0.2, 0) is 16.1 Å². The minimum atomic E-state index is -1.19. The molecule has 0 radical (unpaired) electrons. The van der Waals surface area contributed by atoms with E-state index in [0.717, 1.165) is 11.0 Å². The molecule has 0 spiro atoms. The molecule has 98 valence electrons. The molecule has 0 aliphatic heterocycles. The first-order chi connectivity index (χ1) is 8.40. The van der Waals surface area contributed by atoms with E-state index >= 15 is 0 Å². The van der Waals surface area contributed by atoms with Crippen LogP contribution in [0, 0.1) is 11.6 Å². The van der Waals surface area contributed by atoms with Crippen LogP contribution in [0.4, 0.5) is 8.78 Å². The van der Waals surface area contributed by atoms with Crippen LogP contribution in [0.15, 0.2) is 18.2 Å². The van der Waals surface area contributed by atoms with Gasteiger partial charge < -0.3 is 10.8 Å². The van der Waals surface area contributed by atoms with Crippen LogP contribution >= 0.6 is 0 Å². The lowest BCUT2D eigenvalue weighted by atomic mass is 10.2. The zero-order valence-corrected chi connectivity index (χ0v) is 9.40. The van der Waals surface area contributed by atoms with Gasteiger partial charge in [-0.3, -0.25) is 14.5 Å². The third-order valence-corrected chi connectivity index (χ3v) is 2.16. The Labute approximate surface area is 102 Å². The van der Waals surface area contributed by atoms with Crippen LogP contribution in [0.1, 0.15) is 5.56 Å². The first kappa shape index (κ1) is 14.0. The van der Waals surface area contributed by atoms with Gasteiger partial charge >= 0.3 is 5.97 Å². The number of aliphatic carboxylic acids is 1. The molecule has 0 bridgehead atoms. The number of nitrogens with zero attached hydrogens (tertiary/aromatic N) is 1. The highest BCUT2D eigenvalue weighted by molar-refractivity contribution is 5.77. The minimum absolute atomic E-state index is 0.0301. The minimum Gasteiger partial charge on any atom is -0.480 e. The molecule has 0 fully saturated rings. The molecule has 0 aliphatic rings. The van der Waals surface area contributed by atoms with E-state index in [1.807, 2.05) is 0 Å². The fourth-order valence-electron chi connectivity index (χ4n) is 1.49. The van der Waals surface area contributed by atoms with Crippen LogP contribution in [0.25, 0.3) is 0 Å². The molecule has 7 heteroatoms. The van der Waals surface area contributed by atoms with Gasteiger partial charge in [-0.25, -0.2) is 8.78 Å². The average Bonchev–Trinajstić information content (AvgIpc) is 2.23. The van der Waals surface area contributed by atoms with Gasteiger partial charge in [-0.1, -0.05) is 12.1 Å². The zero-order chi connectivity index (χ0) is 13.7. The molecule has 1 rings (SSSR count). The second-order valence-corrected chi connectivity index (χ2v) is 3.72. The smallest absolute Gasteiger partial charge is 0.317 e. The second-order valence-electron chi connectivity index (χ2n) is 3.72. The largest absolute Gasteiger partial charge is 0.480 e. The third kappa shape index (κ3) is 4.10. The SMILES string of the molecule is NC(=O)CN(CC(=O)O)Cc1cccc(F)c1F. The molecule has 1 amide bonds. The Kier molecular flexibility index (Phi) is 4.73. The summed E-state index contributed by atoms with van der Waals surface area (Å²) in [6.45, 7) is -1.04. The molecular weight excluding hydrogens is 246 g/mol. The molecule has 0 aliphatic carbocycles. The molecule has 0 atom stereocenters. The standard InChI is InChI=1S/C11H12F2N2O3/c12-8-3-1-2-7(11(8)13)4-15(5-9(14)16)6-10(17)18/h1-3H,4-6H2,(H2,14,16)(H,17,18). The van der Waals surface area contributed by atoms with Crippen molar-refractivity contribution in [2.75, 3.05) is 13.1 Å². The van der Waals surface area contributed by atoms with Crippen molar-refractivity contribution in [1.82, 2.24) is 4.90 Å². The number of benzene rings is 1. The maximum absolute atomic E-state index is 13.4. The Morgan fingerprint density at radius 1 is 1.28 bits per heavy atom. The van der Waals surface area contributed by atoms with Gasteiger partial charge in [-0.15, -0.1) is 0 Å². The third-order valence-electron chi connectivity index (χ3n) is 2.16. The van der Waals surface area contributed by atoms with Crippen molar-refractivity contribution in [3.63, 3.8) is 0 Å². The number of halogens is 2. The Morgan fingerprint density at radius 2 is 1.94 bits per heavy atom. The fourth-order valence-corrected chi connectivity index (χ4v) is 1.49. The van der Waals surface area contributed by atoms with E-state index in [0.29, 0.717) is 0 Å². The predicted octanol–water partition coefficient (Wildman–Crippen LogP) is 0.337. The summed E-state index contributed by atoms with van der Waals surface area (Å²) in [4.78, 5) is 22.4. The van der Waals surface area contributed by atoms with E-state index in [9.17, 15) is 18.4 Å². The number of carboxylic acid groups (broad SMARTS) is 1. The van der Waals surface area contributed by atoms with Crippen LogP contribution in [-0.4, -0.2) is 35.0 Å². The Bertz CT molecular complexity index is 450. The quantitative estimate of drug-likeness (QED) is 0.770. The van der Waals surface area contributed by atoms with Crippen molar-refractivity contribution in [3.05, 3.63) is 35.4 Å². The number of carbonyl (C=O) groups excluding carboxylic acids is 1. The summed E-state index contributed by atoms with van der Waals surface area (Å²) >= 11 is 0. The molecule has 5 nitrogen and oxygen atoms in total. The lowest BCUT2D eigenvalue weighted by molar-refractivity contribution is -0.138. The van der Waals surface area contributed by atoms with Crippen molar-refractivity contribution < 1.29 is 23.5 Å². The summed E-state index contributed by atoms with van der Waals surface area (Å²) in [5, 5.41) is 8.64. The molecular formula is C11H12F2N2O3. The fraction of sp³-hybridized carbons (Fsp3) is 0.273. The summed E-state index contributed by atoms with van der Waals surface area (Å²) in [6, 6.07) is 3.57. The molecule has 0 saturated carbocycles. The van der Waals surface area contributed by atoms with Crippen molar-refractivity contribution in [2.45, 2.75) is 6.54 Å². The Morgan fingerprint density at radius 3 is 2.50 bits per heavy atom. The van der Waals surface area contributed by atoms with Gasteiger partial charge in [0, 0.05) is 12.1 Å². The van der Waals surface area contributed by atoms with Crippen molar-refractivity contribution in [1.29, 1.82) is 0 Å². The Hall–Kier alpha value is -2.02. The average molecular weight is 258 g/mol. The molecule has 1 aromatic carbocycles. The molecule has 0 saturated heterocycles. The molecule has 0 heterocycles.